The lowest BCUT2D eigenvalue weighted by Gasteiger charge is -2.09. The van der Waals surface area contributed by atoms with Crippen molar-refractivity contribution in [3.8, 4) is 5.75 Å². The van der Waals surface area contributed by atoms with E-state index in [-0.39, 0.29) is 11.7 Å². The molecular formula is C19H20N2O3. The molecule has 5 nitrogen and oxygen atoms in total. The molecule has 0 aliphatic carbocycles. The van der Waals surface area contributed by atoms with Crippen LogP contribution in [0.4, 0.5) is 0 Å². The van der Waals surface area contributed by atoms with Gasteiger partial charge in [-0.25, -0.2) is 0 Å². The Morgan fingerprint density at radius 1 is 1.00 bits per heavy atom. The van der Waals surface area contributed by atoms with E-state index in [1.165, 1.54) is 6.08 Å². The molecule has 0 spiro atoms. The van der Waals surface area contributed by atoms with Crippen molar-refractivity contribution in [2.24, 2.45) is 0 Å². The maximum absolute atomic E-state index is 12.1. The van der Waals surface area contributed by atoms with E-state index in [9.17, 15) is 9.59 Å². The standard InChI is InChI=1S/C19H20N2O3/c1-13-5-4-6-16(11-13)19(23)21-20-14(2)12-18(22)15-7-9-17(24-3)10-8-15/h4-12,20H,1-3H3,(H,21,23)/b14-12+. The minimum Gasteiger partial charge on any atom is -0.497 e. The topological polar surface area (TPSA) is 67.4 Å². The fraction of sp³-hybridized carbons (Fsp3) is 0.158. The molecule has 0 bridgehead atoms. The van der Waals surface area contributed by atoms with Crippen LogP contribution in [0.25, 0.3) is 0 Å². The van der Waals surface area contributed by atoms with E-state index in [1.54, 1.807) is 50.4 Å². The van der Waals surface area contributed by atoms with Crippen LogP contribution in [-0.4, -0.2) is 18.8 Å². The second-order valence-corrected chi connectivity index (χ2v) is 5.37. The summed E-state index contributed by atoms with van der Waals surface area (Å²) in [5.41, 5.74) is 7.95. The van der Waals surface area contributed by atoms with Gasteiger partial charge in [-0.3, -0.25) is 15.0 Å². The minimum atomic E-state index is -0.261. The first-order valence-corrected chi connectivity index (χ1v) is 7.49. The number of carbonyl (C=O) groups is 2. The van der Waals surface area contributed by atoms with Gasteiger partial charge < -0.3 is 10.2 Å². The molecule has 0 unspecified atom stereocenters. The third kappa shape index (κ3) is 4.71. The van der Waals surface area contributed by atoms with Crippen LogP contribution in [-0.2, 0) is 0 Å². The molecule has 2 aromatic rings. The van der Waals surface area contributed by atoms with Crippen molar-refractivity contribution >= 4 is 11.7 Å². The second kappa shape index (κ2) is 7.97. The van der Waals surface area contributed by atoms with E-state index >= 15 is 0 Å². The summed E-state index contributed by atoms with van der Waals surface area (Å²) in [4.78, 5) is 24.2. The van der Waals surface area contributed by atoms with E-state index in [4.69, 9.17) is 4.74 Å². The quantitative estimate of drug-likeness (QED) is 0.487. The average Bonchev–Trinajstić information content (AvgIpc) is 2.59. The molecule has 0 saturated carbocycles. The largest absolute Gasteiger partial charge is 0.497 e. The minimum absolute atomic E-state index is 0.160. The normalized spacial score (nSPS) is 10.9. The number of hydrogen-bond acceptors (Lipinski definition) is 4. The highest BCUT2D eigenvalue weighted by atomic mass is 16.5. The number of rotatable bonds is 6. The Bertz CT molecular complexity index is 764. The fourth-order valence-corrected chi connectivity index (χ4v) is 2.09. The van der Waals surface area contributed by atoms with Crippen LogP contribution >= 0.6 is 0 Å². The number of amides is 1. The smallest absolute Gasteiger partial charge is 0.269 e. The lowest BCUT2D eigenvalue weighted by atomic mass is 10.1. The highest BCUT2D eigenvalue weighted by Crippen LogP contribution is 2.12. The fourth-order valence-electron chi connectivity index (χ4n) is 2.09. The van der Waals surface area contributed by atoms with Gasteiger partial charge in [-0.2, -0.15) is 0 Å². The molecule has 0 fully saturated rings. The second-order valence-electron chi connectivity index (χ2n) is 5.37. The van der Waals surface area contributed by atoms with Crippen molar-refractivity contribution in [3.63, 3.8) is 0 Å². The van der Waals surface area contributed by atoms with Gasteiger partial charge in [0, 0.05) is 22.9 Å². The van der Waals surface area contributed by atoms with Gasteiger partial charge in [0.05, 0.1) is 7.11 Å². The molecule has 2 rings (SSSR count). The van der Waals surface area contributed by atoms with Crippen molar-refractivity contribution in [3.05, 3.63) is 77.0 Å². The zero-order chi connectivity index (χ0) is 17.5. The van der Waals surface area contributed by atoms with E-state index < -0.39 is 0 Å². The number of carbonyl (C=O) groups excluding carboxylic acids is 2. The SMILES string of the molecule is COc1ccc(C(=O)/C=C(\C)NNC(=O)c2cccc(C)c2)cc1. The summed E-state index contributed by atoms with van der Waals surface area (Å²) >= 11 is 0. The van der Waals surface area contributed by atoms with Crippen molar-refractivity contribution in [2.75, 3.05) is 7.11 Å². The molecule has 5 heteroatoms. The van der Waals surface area contributed by atoms with Crippen LogP contribution in [0.2, 0.25) is 0 Å². The van der Waals surface area contributed by atoms with Crippen LogP contribution in [0, 0.1) is 6.92 Å². The zero-order valence-corrected chi connectivity index (χ0v) is 13.9. The summed E-state index contributed by atoms with van der Waals surface area (Å²) < 4.78 is 5.06. The molecule has 124 valence electrons. The number of hydrazine groups is 1. The molecule has 0 radical (unpaired) electrons. The Morgan fingerprint density at radius 2 is 1.71 bits per heavy atom. The predicted molar refractivity (Wildman–Crippen MR) is 92.9 cm³/mol. The first-order chi connectivity index (χ1) is 11.5. The van der Waals surface area contributed by atoms with Crippen molar-refractivity contribution in [1.29, 1.82) is 0 Å². The molecule has 0 aliphatic rings. The van der Waals surface area contributed by atoms with Crippen LogP contribution in [0.5, 0.6) is 5.75 Å². The maximum Gasteiger partial charge on any atom is 0.269 e. The Hall–Kier alpha value is -3.08. The number of benzene rings is 2. The molecule has 0 heterocycles. The van der Waals surface area contributed by atoms with Gasteiger partial charge in [-0.15, -0.1) is 0 Å². The summed E-state index contributed by atoms with van der Waals surface area (Å²) in [5.74, 6) is 0.270. The molecule has 0 saturated heterocycles. The highest BCUT2D eigenvalue weighted by Gasteiger charge is 2.06. The number of nitrogens with one attached hydrogen (secondary N) is 2. The number of methoxy groups -OCH3 is 1. The van der Waals surface area contributed by atoms with Gasteiger partial charge in [0.2, 0.25) is 0 Å². The lowest BCUT2D eigenvalue weighted by molar-refractivity contribution is 0.0936. The van der Waals surface area contributed by atoms with Gasteiger partial charge in [-0.1, -0.05) is 17.7 Å². The first-order valence-electron chi connectivity index (χ1n) is 7.49. The summed E-state index contributed by atoms with van der Waals surface area (Å²) in [7, 11) is 1.57. The summed E-state index contributed by atoms with van der Waals surface area (Å²) in [6.07, 6.45) is 1.43. The van der Waals surface area contributed by atoms with Crippen LogP contribution in [0.1, 0.15) is 33.2 Å². The third-order valence-electron chi connectivity index (χ3n) is 3.38. The molecular weight excluding hydrogens is 304 g/mol. The van der Waals surface area contributed by atoms with E-state index in [1.807, 2.05) is 19.1 Å². The summed E-state index contributed by atoms with van der Waals surface area (Å²) in [5, 5.41) is 0. The summed E-state index contributed by atoms with van der Waals surface area (Å²) in [6.45, 7) is 3.63. The first kappa shape index (κ1) is 17.3. The highest BCUT2D eigenvalue weighted by molar-refractivity contribution is 6.05. The van der Waals surface area contributed by atoms with E-state index in [2.05, 4.69) is 10.9 Å². The number of allylic oxidation sites excluding steroid dienone is 2. The molecule has 0 aromatic heterocycles. The van der Waals surface area contributed by atoms with Gasteiger partial charge in [-0.05, 0) is 50.2 Å². The molecule has 0 atom stereocenters. The van der Waals surface area contributed by atoms with Crippen LogP contribution < -0.4 is 15.6 Å². The monoisotopic (exact) mass is 324 g/mol. The van der Waals surface area contributed by atoms with Crippen LogP contribution in [0.15, 0.2) is 60.3 Å². The average molecular weight is 324 g/mol. The van der Waals surface area contributed by atoms with Crippen LogP contribution in [0.3, 0.4) is 0 Å². The van der Waals surface area contributed by atoms with Gasteiger partial charge in [0.25, 0.3) is 5.91 Å². The van der Waals surface area contributed by atoms with E-state index in [0.717, 1.165) is 5.56 Å². The van der Waals surface area contributed by atoms with Crippen molar-refractivity contribution in [1.82, 2.24) is 10.9 Å². The predicted octanol–water partition coefficient (Wildman–Crippen LogP) is 3.02. The Morgan fingerprint density at radius 3 is 2.33 bits per heavy atom. The number of ketones is 1. The summed E-state index contributed by atoms with van der Waals surface area (Å²) in [6, 6.07) is 14.1. The third-order valence-corrected chi connectivity index (χ3v) is 3.38. The number of aryl methyl sites for hydroxylation is 1. The zero-order valence-electron chi connectivity index (χ0n) is 13.9. The molecule has 1 amide bonds. The lowest BCUT2D eigenvalue weighted by Crippen LogP contribution is -2.36. The Balaban J connectivity index is 1.95. The van der Waals surface area contributed by atoms with Gasteiger partial charge in [0.15, 0.2) is 5.78 Å². The van der Waals surface area contributed by atoms with Crippen molar-refractivity contribution in [2.45, 2.75) is 13.8 Å². The number of hydrogen-bond donors (Lipinski definition) is 2. The molecule has 2 N–H and O–H groups in total. The van der Waals surface area contributed by atoms with Crippen molar-refractivity contribution < 1.29 is 14.3 Å². The maximum atomic E-state index is 12.1. The van der Waals surface area contributed by atoms with Gasteiger partial charge in [0.1, 0.15) is 5.75 Å². The molecule has 0 aliphatic heterocycles. The Kier molecular flexibility index (Phi) is 5.73. The number of ether oxygens (including phenoxy) is 1. The molecule has 2 aromatic carbocycles. The van der Waals surface area contributed by atoms with Gasteiger partial charge >= 0.3 is 0 Å². The van der Waals surface area contributed by atoms with E-state index in [0.29, 0.717) is 22.6 Å². The molecule has 24 heavy (non-hydrogen) atoms. The Labute approximate surface area is 141 Å².